The van der Waals surface area contributed by atoms with Crippen LogP contribution in [0.5, 0.6) is 0 Å². The van der Waals surface area contributed by atoms with Gasteiger partial charge in [-0.15, -0.1) is 0 Å². The number of quaternary nitrogens is 1. The fraction of sp³-hybridized carbons (Fsp3) is 0.200. The van der Waals surface area contributed by atoms with Gasteiger partial charge in [0.1, 0.15) is 0 Å². The Kier molecular flexibility index (Phi) is 4.57. The lowest BCUT2D eigenvalue weighted by atomic mass is 10.8. The Balaban J connectivity index is 0.000000291. The van der Waals surface area contributed by atoms with Gasteiger partial charge in [-0.05, 0) is 6.41 Å². The maximum atomic E-state index is 9.70. The minimum Gasteiger partial charge on any atom is -0.475 e. The van der Waals surface area contributed by atoms with Crippen molar-refractivity contribution in [3.05, 3.63) is 12.4 Å². The van der Waals surface area contributed by atoms with Crippen LogP contribution in [0.2, 0.25) is 0 Å². The summed E-state index contributed by atoms with van der Waals surface area (Å²) < 4.78 is 0. The molecule has 1 atom stereocenters. The molecule has 0 aromatic carbocycles. The highest BCUT2D eigenvalue weighted by atomic mass is 16.2. The van der Waals surface area contributed by atoms with Crippen molar-refractivity contribution in [1.82, 2.24) is 0 Å². The Morgan fingerprint density at radius 1 is 1.67 bits per heavy atom. The second kappa shape index (κ2) is 5.14. The van der Waals surface area contributed by atoms with Gasteiger partial charge in [0, 0.05) is 7.11 Å². The summed E-state index contributed by atoms with van der Waals surface area (Å²) in [6.07, 6.45) is 6.32. The molecule has 1 rings (SSSR count). The van der Waals surface area contributed by atoms with E-state index in [2.05, 4.69) is 4.99 Å². The Labute approximate surface area is 53.1 Å². The molecule has 0 aromatic rings. The fourth-order valence-electron chi connectivity index (χ4n) is 0.350. The molecule has 2 N–H and O–H groups in total. The first-order valence-corrected chi connectivity index (χ1v) is 2.33. The van der Waals surface area contributed by atoms with E-state index >= 15 is 0 Å². The van der Waals surface area contributed by atoms with E-state index in [-0.39, 0.29) is 0 Å². The summed E-state index contributed by atoms with van der Waals surface area (Å²) in [5.74, 6) is 0. The van der Waals surface area contributed by atoms with E-state index in [0.717, 1.165) is 7.11 Å². The van der Waals surface area contributed by atoms with E-state index in [1.807, 2.05) is 0 Å². The van der Waals surface area contributed by atoms with Crippen molar-refractivity contribution >= 4 is 12.7 Å². The quantitative estimate of drug-likeness (QED) is 0.404. The first-order valence-electron chi connectivity index (χ1n) is 2.33. The zero-order chi connectivity index (χ0) is 7.11. The number of nitrogens with one attached hydrogen (secondary N) is 1. The number of amides is 1. The molecule has 1 heterocycles. The van der Waals surface area contributed by atoms with Gasteiger partial charge in [-0.1, -0.05) is 0 Å². The standard InChI is InChI=1S/C4H4N2O.CH4O/c7-4-6-2-1-5-3-6;1-2/h1-3,6H;2H,1H3. The highest BCUT2D eigenvalue weighted by Crippen LogP contribution is 1.66. The highest BCUT2D eigenvalue weighted by Gasteiger charge is 1.89. The molecule has 0 fully saturated rings. The van der Waals surface area contributed by atoms with E-state index in [1.54, 1.807) is 18.8 Å². The number of rotatable bonds is 1. The molecule has 1 aliphatic heterocycles. The lowest BCUT2D eigenvalue weighted by Gasteiger charge is -1.99. The van der Waals surface area contributed by atoms with Crippen molar-refractivity contribution in [2.75, 3.05) is 7.11 Å². The van der Waals surface area contributed by atoms with Crippen LogP contribution in [0, 0.1) is 0 Å². The van der Waals surface area contributed by atoms with Gasteiger partial charge in [-0.3, -0.25) is 0 Å². The second-order valence-electron chi connectivity index (χ2n) is 1.15. The fourth-order valence-corrected chi connectivity index (χ4v) is 0.350. The molecule has 0 radical (unpaired) electrons. The van der Waals surface area contributed by atoms with Crippen LogP contribution in [0.3, 0.4) is 0 Å². The third-order valence-corrected chi connectivity index (χ3v) is 0.672. The molecule has 1 aliphatic rings. The van der Waals surface area contributed by atoms with Gasteiger partial charge in [-0.25, -0.2) is 4.99 Å². The van der Waals surface area contributed by atoms with Gasteiger partial charge in [0.15, 0.2) is 6.34 Å². The van der Waals surface area contributed by atoms with Crippen molar-refractivity contribution in [3.63, 3.8) is 0 Å². The monoisotopic (exact) mass is 128 g/mol. The molecule has 4 heteroatoms. The first-order chi connectivity index (χ1) is 4.43. The predicted molar refractivity (Wildman–Crippen MR) is 32.4 cm³/mol. The molecule has 0 spiro atoms. The van der Waals surface area contributed by atoms with Crippen molar-refractivity contribution in [1.29, 1.82) is 0 Å². The van der Waals surface area contributed by atoms with Crippen LogP contribution in [0.4, 0.5) is 0 Å². The lowest BCUT2D eigenvalue weighted by Crippen LogP contribution is -3.04. The molecule has 0 aliphatic carbocycles. The smallest absolute Gasteiger partial charge is 0.170 e. The zero-order valence-electron chi connectivity index (χ0n) is 5.03. The van der Waals surface area contributed by atoms with Gasteiger partial charge in [0.2, 0.25) is 0 Å². The molecule has 0 aromatic heterocycles. The summed E-state index contributed by atoms with van der Waals surface area (Å²) in [4.78, 5) is 13.8. The lowest BCUT2D eigenvalue weighted by molar-refractivity contribution is -0.620. The number of nitrogens with zero attached hydrogens (tertiary/aromatic N) is 1. The maximum absolute atomic E-state index is 9.70. The average molecular weight is 128 g/mol. The number of aliphatic hydroxyl groups is 1. The summed E-state index contributed by atoms with van der Waals surface area (Å²) in [5, 5.41) is 7.00. The maximum Gasteiger partial charge on any atom is 0.170 e. The normalized spacial score (nSPS) is 20.9. The molecule has 1 amide bonds. The minimum absolute atomic E-state index is 0.514. The molecule has 1 unspecified atom stereocenters. The van der Waals surface area contributed by atoms with E-state index in [1.165, 1.54) is 6.34 Å². The largest absolute Gasteiger partial charge is 0.475 e. The topological polar surface area (TPSA) is 54.1 Å². The van der Waals surface area contributed by atoms with Crippen LogP contribution >= 0.6 is 0 Å². The summed E-state index contributed by atoms with van der Waals surface area (Å²) in [6, 6.07) is 0. The highest BCUT2D eigenvalue weighted by molar-refractivity contribution is 5.58. The molecular formula is C5H8N2O2. The van der Waals surface area contributed by atoms with Crippen LogP contribution in [-0.2, 0) is 4.79 Å². The number of aliphatic imine (C=N–C) groups is 1. The molecule has 4 nitrogen and oxygen atoms in total. The Morgan fingerprint density at radius 3 is 2.56 bits per heavy atom. The van der Waals surface area contributed by atoms with Gasteiger partial charge < -0.3 is 14.8 Å². The molecule has 0 bridgehead atoms. The molecule has 0 saturated heterocycles. The van der Waals surface area contributed by atoms with E-state index in [0.29, 0.717) is 4.90 Å². The third-order valence-electron chi connectivity index (χ3n) is 0.672. The van der Waals surface area contributed by atoms with Crippen LogP contribution in [-0.4, -0.2) is 25.0 Å². The first kappa shape index (κ1) is 8.00. The van der Waals surface area contributed by atoms with Gasteiger partial charge in [-0.2, -0.15) is 0 Å². The second-order valence-corrected chi connectivity index (χ2v) is 1.15. The van der Waals surface area contributed by atoms with Gasteiger partial charge >= 0.3 is 0 Å². The summed E-state index contributed by atoms with van der Waals surface area (Å²) in [5.41, 5.74) is 0. The summed E-state index contributed by atoms with van der Waals surface area (Å²) in [7, 11) is 1.00. The van der Waals surface area contributed by atoms with Crippen molar-refractivity contribution in [3.8, 4) is 0 Å². The van der Waals surface area contributed by atoms with Crippen LogP contribution < -0.4 is 4.90 Å². The molecule has 0 saturated carbocycles. The van der Waals surface area contributed by atoms with Gasteiger partial charge in [0.25, 0.3) is 0 Å². The summed E-state index contributed by atoms with van der Waals surface area (Å²) in [6.45, 7) is 0. The average Bonchev–Trinajstić information content (AvgIpc) is 2.43. The Morgan fingerprint density at radius 2 is 2.33 bits per heavy atom. The minimum atomic E-state index is 0.514. The van der Waals surface area contributed by atoms with Crippen LogP contribution in [0.1, 0.15) is 0 Å². The van der Waals surface area contributed by atoms with E-state index < -0.39 is 0 Å². The van der Waals surface area contributed by atoms with Crippen LogP contribution in [0.25, 0.3) is 0 Å². The third kappa shape index (κ3) is 2.73. The summed E-state index contributed by atoms with van der Waals surface area (Å²) >= 11 is 0. The van der Waals surface area contributed by atoms with E-state index in [9.17, 15) is 4.79 Å². The van der Waals surface area contributed by atoms with Gasteiger partial charge in [0.05, 0.1) is 12.4 Å². The number of hydrogen-bond acceptors (Lipinski definition) is 3. The zero-order valence-corrected chi connectivity index (χ0v) is 5.03. The number of aliphatic hydroxyl groups excluding tert-OH is 1. The van der Waals surface area contributed by atoms with E-state index in [4.69, 9.17) is 5.11 Å². The molecular weight excluding hydrogens is 120 g/mol. The molecule has 50 valence electrons. The van der Waals surface area contributed by atoms with Crippen molar-refractivity contribution < 1.29 is 14.8 Å². The Bertz CT molecular complexity index is 119. The SMILES string of the molecule is CO.O=[C-][NH+]1C=CN=C1. The van der Waals surface area contributed by atoms with Crippen LogP contribution in [0.15, 0.2) is 17.4 Å². The molecule has 9 heavy (non-hydrogen) atoms. The number of hydrogen-bond donors (Lipinski definition) is 2. The Hall–Kier alpha value is -1.00. The van der Waals surface area contributed by atoms with Crippen molar-refractivity contribution in [2.45, 2.75) is 0 Å². The number of carbonyl (C=O) groups excluding carboxylic acids is 1. The van der Waals surface area contributed by atoms with Crippen molar-refractivity contribution in [2.24, 2.45) is 4.99 Å². The predicted octanol–water partition coefficient (Wildman–Crippen LogP) is -1.94.